The van der Waals surface area contributed by atoms with E-state index in [1.54, 1.807) is 10.7 Å². The normalized spacial score (nSPS) is 21.4. The van der Waals surface area contributed by atoms with Gasteiger partial charge in [0.05, 0.1) is 13.1 Å². The summed E-state index contributed by atoms with van der Waals surface area (Å²) in [5.74, 6) is 2.59. The van der Waals surface area contributed by atoms with E-state index < -0.39 is 0 Å². The number of aryl methyl sites for hydroxylation is 3. The Balaban J connectivity index is 1.30. The van der Waals surface area contributed by atoms with Crippen LogP contribution in [0, 0.1) is 6.92 Å². The summed E-state index contributed by atoms with van der Waals surface area (Å²) < 4.78 is 12.9. The van der Waals surface area contributed by atoms with Crippen molar-refractivity contribution in [3.8, 4) is 0 Å². The first-order valence-corrected chi connectivity index (χ1v) is 13.0. The molecule has 0 aromatic carbocycles. The smallest absolute Gasteiger partial charge is 0.359 e. The minimum Gasteiger partial charge on any atom is -0.454 e. The highest BCUT2D eigenvalue weighted by molar-refractivity contribution is 7.96. The van der Waals surface area contributed by atoms with Crippen LogP contribution in [0.3, 0.4) is 0 Å². The second-order valence-electron chi connectivity index (χ2n) is 8.90. The summed E-state index contributed by atoms with van der Waals surface area (Å²) in [6.07, 6.45) is 5.19. The molecule has 10 heteroatoms. The molecule has 0 aliphatic carbocycles. The highest BCUT2D eigenvalue weighted by Gasteiger charge is 2.40. The molecule has 3 aliphatic heterocycles. The lowest BCUT2D eigenvalue weighted by Crippen LogP contribution is -2.54. The van der Waals surface area contributed by atoms with Gasteiger partial charge in [-0.2, -0.15) is 10.1 Å². The van der Waals surface area contributed by atoms with Crippen molar-refractivity contribution in [1.29, 1.82) is 0 Å². The Kier molecular flexibility index (Phi) is 5.75. The van der Waals surface area contributed by atoms with Crippen LogP contribution in [-0.4, -0.2) is 83.2 Å². The summed E-state index contributed by atoms with van der Waals surface area (Å²) in [4.78, 5) is 28.1. The zero-order valence-corrected chi connectivity index (χ0v) is 20.0. The largest absolute Gasteiger partial charge is 0.454 e. The first-order valence-electron chi connectivity index (χ1n) is 11.2. The van der Waals surface area contributed by atoms with E-state index in [1.165, 1.54) is 10.6 Å². The van der Waals surface area contributed by atoms with Crippen LogP contribution in [0.25, 0.3) is 0 Å². The third kappa shape index (κ3) is 3.94. The van der Waals surface area contributed by atoms with Crippen molar-refractivity contribution in [2.24, 2.45) is 7.05 Å². The van der Waals surface area contributed by atoms with Crippen molar-refractivity contribution in [3.63, 3.8) is 0 Å². The quantitative estimate of drug-likeness (QED) is 0.489. The molecule has 172 valence electrons. The predicted octanol–water partition coefficient (Wildman–Crippen LogP) is 1.34. The maximum atomic E-state index is 12.4. The molecule has 0 saturated carbocycles. The van der Waals surface area contributed by atoms with E-state index in [-0.39, 0.29) is 23.0 Å². The van der Waals surface area contributed by atoms with Crippen molar-refractivity contribution in [2.75, 3.05) is 55.2 Å². The lowest BCUT2D eigenvalue weighted by molar-refractivity contribution is 0.0223. The Morgan fingerprint density at radius 1 is 1.28 bits per heavy atom. The Morgan fingerprint density at radius 2 is 2.03 bits per heavy atom. The average Bonchev–Trinajstić information content (AvgIpc) is 3.31. The molecule has 5 heterocycles. The number of hydrogen-bond acceptors (Lipinski definition) is 8. The van der Waals surface area contributed by atoms with E-state index in [1.807, 2.05) is 14.0 Å². The number of carbonyl (C=O) groups is 1. The second kappa shape index (κ2) is 8.55. The molecular weight excluding hydrogens is 428 g/mol. The molecule has 0 bridgehead atoms. The van der Waals surface area contributed by atoms with Crippen LogP contribution in [0.2, 0.25) is 0 Å². The van der Waals surface area contributed by atoms with Crippen molar-refractivity contribution in [3.05, 3.63) is 23.1 Å². The Hall–Kier alpha value is -2.33. The zero-order chi connectivity index (χ0) is 22.4. The summed E-state index contributed by atoms with van der Waals surface area (Å²) >= 11 is 0. The Labute approximate surface area is 191 Å². The lowest BCUT2D eigenvalue weighted by atomic mass is 10.1. The van der Waals surface area contributed by atoms with Gasteiger partial charge in [-0.15, -0.1) is 0 Å². The second-order valence-corrected chi connectivity index (χ2v) is 11.0. The topological polar surface area (TPSA) is 85.6 Å². The number of anilines is 2. The van der Waals surface area contributed by atoms with Gasteiger partial charge in [0.25, 0.3) is 0 Å². The van der Waals surface area contributed by atoms with Crippen LogP contribution in [0.4, 0.5) is 11.8 Å². The molecule has 0 radical (unpaired) electrons. The third-order valence-electron chi connectivity index (χ3n) is 6.70. The van der Waals surface area contributed by atoms with E-state index in [4.69, 9.17) is 19.4 Å². The van der Waals surface area contributed by atoms with Gasteiger partial charge in [-0.25, -0.2) is 9.78 Å². The van der Waals surface area contributed by atoms with Crippen molar-refractivity contribution in [1.82, 2.24) is 19.7 Å². The molecule has 2 fully saturated rings. The van der Waals surface area contributed by atoms with Gasteiger partial charge in [-0.05, 0) is 25.8 Å². The van der Waals surface area contributed by atoms with Gasteiger partial charge in [0.1, 0.15) is 23.8 Å². The number of fused-ring (bicyclic) bond motifs is 1. The molecule has 2 aromatic rings. The number of aromatic nitrogens is 4. The van der Waals surface area contributed by atoms with Gasteiger partial charge >= 0.3 is 5.97 Å². The average molecular weight is 460 g/mol. The molecule has 2 saturated heterocycles. The SMILES string of the molecule is Cc1cc(C(=O)OC2CN(c3nc4c(c(N(C)C5CCOCC5)n3)[S+](C)CC4)C2)nn1C. The molecule has 1 unspecified atom stereocenters. The van der Waals surface area contributed by atoms with Crippen LogP contribution in [-0.2, 0) is 33.8 Å². The van der Waals surface area contributed by atoms with E-state index in [9.17, 15) is 4.79 Å². The molecule has 9 nitrogen and oxygen atoms in total. The van der Waals surface area contributed by atoms with E-state index in [0.717, 1.165) is 55.7 Å². The standard InChI is InChI=1S/C22H31N6O3S/c1-14-11-18(25-27(14)3)21(29)31-16-12-28(13-16)22-23-17-7-10-32(4)19(17)20(24-22)26(2)15-5-8-30-9-6-15/h11,15-16H,5-10,12-13H2,1-4H3/q+1. The highest BCUT2D eigenvalue weighted by Crippen LogP contribution is 2.36. The van der Waals surface area contributed by atoms with Crippen LogP contribution in [0.15, 0.2) is 11.0 Å². The molecule has 3 aliphatic rings. The minimum absolute atomic E-state index is 0.167. The lowest BCUT2D eigenvalue weighted by Gasteiger charge is -2.39. The maximum absolute atomic E-state index is 12.4. The fraction of sp³-hybridized carbons (Fsp3) is 0.636. The summed E-state index contributed by atoms with van der Waals surface area (Å²) in [6, 6.07) is 2.20. The van der Waals surface area contributed by atoms with Crippen LogP contribution in [0.5, 0.6) is 0 Å². The molecule has 0 amide bonds. The molecule has 0 N–H and O–H groups in total. The Morgan fingerprint density at radius 3 is 2.72 bits per heavy atom. The number of ether oxygens (including phenoxy) is 2. The van der Waals surface area contributed by atoms with Gasteiger partial charge < -0.3 is 19.3 Å². The van der Waals surface area contributed by atoms with Crippen molar-refractivity contribution >= 4 is 28.6 Å². The van der Waals surface area contributed by atoms with Crippen LogP contribution < -0.4 is 9.80 Å². The summed E-state index contributed by atoms with van der Waals surface area (Å²) in [5.41, 5.74) is 2.46. The number of hydrogen-bond donors (Lipinski definition) is 0. The molecule has 32 heavy (non-hydrogen) atoms. The number of carbonyl (C=O) groups excluding carboxylic acids is 1. The summed E-state index contributed by atoms with van der Waals surface area (Å²) in [7, 11) is 4.16. The number of nitrogens with zero attached hydrogens (tertiary/aromatic N) is 6. The van der Waals surface area contributed by atoms with E-state index >= 15 is 0 Å². The van der Waals surface area contributed by atoms with E-state index in [0.29, 0.717) is 24.8 Å². The Bertz CT molecular complexity index is 996. The van der Waals surface area contributed by atoms with Crippen molar-refractivity contribution < 1.29 is 14.3 Å². The monoisotopic (exact) mass is 459 g/mol. The van der Waals surface area contributed by atoms with Gasteiger partial charge in [-0.3, -0.25) is 4.68 Å². The molecule has 1 atom stereocenters. The number of esters is 1. The zero-order valence-electron chi connectivity index (χ0n) is 19.2. The van der Waals surface area contributed by atoms with Crippen molar-refractivity contribution in [2.45, 2.75) is 43.2 Å². The minimum atomic E-state index is -0.372. The van der Waals surface area contributed by atoms with Crippen LogP contribution in [0.1, 0.15) is 34.7 Å². The predicted molar refractivity (Wildman–Crippen MR) is 124 cm³/mol. The first kappa shape index (κ1) is 21.5. The summed E-state index contributed by atoms with van der Waals surface area (Å²) in [5, 5.41) is 4.21. The van der Waals surface area contributed by atoms with Gasteiger partial charge in [0.2, 0.25) is 10.8 Å². The highest BCUT2D eigenvalue weighted by atomic mass is 32.2. The van der Waals surface area contributed by atoms with Crippen LogP contribution >= 0.6 is 0 Å². The first-order chi connectivity index (χ1) is 15.4. The fourth-order valence-electron chi connectivity index (χ4n) is 4.52. The third-order valence-corrected chi connectivity index (χ3v) is 8.63. The fourth-order valence-corrected chi connectivity index (χ4v) is 6.28. The summed E-state index contributed by atoms with van der Waals surface area (Å²) in [6.45, 7) is 4.74. The van der Waals surface area contributed by atoms with Gasteiger partial charge in [0.15, 0.2) is 11.5 Å². The molecule has 5 rings (SSSR count). The molecule has 2 aromatic heterocycles. The van der Waals surface area contributed by atoms with Gasteiger partial charge in [0, 0.05) is 56.4 Å². The molecule has 0 spiro atoms. The molecular formula is C22H31N6O3S+. The van der Waals surface area contributed by atoms with E-state index in [2.05, 4.69) is 28.2 Å². The maximum Gasteiger partial charge on any atom is 0.359 e. The number of rotatable bonds is 5. The van der Waals surface area contributed by atoms with Gasteiger partial charge in [-0.1, -0.05) is 0 Å².